The quantitative estimate of drug-likeness (QED) is 0.0338. The van der Waals surface area contributed by atoms with Crippen molar-refractivity contribution in [3.8, 4) is 0 Å². The molecule has 2 aromatic rings. The standard InChI is InChI=1S/C39H56F2N6O8.C21H32F2N2O5.C18H26N4O4.ClH/c1-9-13-25(31(49)33(51)42-20-26(48)44-28(34(52)46(7)8)22-14-11-10-12-15-22)43-32(50)30-27-24(38(27,5)6)21-47(30)35(53)29(45-36(54)55-37(2,3)4)23-16-18-39(40,41)19-17-23;1-19(2,3)30-18(29)24-14(11-6-8-21(22,23)9-7-11)16(26)25-10-12-13(20(12,4)5)15(25)17(27)28;1-4-8-13(19)16(24)17(25)20-11-14(23)21-15(18(26)22(2)3)12-9-6-5-7-10-12;/h10-12,14-15,23-25,27-30H,9,13,16-21H2,1-8H3,(H,42,51)(H,43,50)(H,44,48)(H,45,54);11-15H,6-10H2,1-5H3,(H,24,29)(H,27,28);5-7,9-10,13,15H,4,8,11,19H2,1-3H3,(H,20,25)(H,21,23);1H/t24-,25?,27-,28-,29-,30-;12-,13-,14-,15-;13?,15-;/m000./s1. The average molecular weight is 1600 g/mol. The van der Waals surface area contributed by atoms with E-state index in [1.54, 1.807) is 123 Å². The van der Waals surface area contributed by atoms with Crippen LogP contribution in [0.2, 0.25) is 0 Å². The fourth-order valence-corrected chi connectivity index (χ4v) is 15.3. The van der Waals surface area contributed by atoms with Crippen molar-refractivity contribution in [2.45, 2.75) is 232 Å². The summed E-state index contributed by atoms with van der Waals surface area (Å²) in [5, 5.41) is 27.3. The maximum atomic E-state index is 14.3. The molecular formula is C78H115ClF4N12O17. The molecule has 2 aromatic carbocycles. The number of aliphatic carboxylic acids is 1. The maximum absolute atomic E-state index is 14.3. The first kappa shape index (κ1) is 93.6. The summed E-state index contributed by atoms with van der Waals surface area (Å²) in [6, 6.07) is 8.85. The molecule has 4 saturated carbocycles. The van der Waals surface area contributed by atoms with Crippen molar-refractivity contribution < 1.29 is 99.3 Å². The molecule has 29 nitrogen and oxygen atoms in total. The van der Waals surface area contributed by atoms with Crippen LogP contribution in [-0.4, -0.2) is 221 Å². The molecule has 0 spiro atoms. The number of benzene rings is 2. The van der Waals surface area contributed by atoms with Gasteiger partial charge in [-0.3, -0.25) is 52.7 Å². The molecule has 11 amide bonds. The zero-order valence-corrected chi connectivity index (χ0v) is 67.8. The summed E-state index contributed by atoms with van der Waals surface area (Å²) in [5.74, 6) is -15.9. The number of nitrogens with two attached hydrogens (primary N) is 1. The highest BCUT2D eigenvalue weighted by atomic mass is 35.5. The van der Waals surface area contributed by atoms with Crippen molar-refractivity contribution in [3.63, 3.8) is 0 Å². The smallest absolute Gasteiger partial charge is 0.408 e. The highest BCUT2D eigenvalue weighted by molar-refractivity contribution is 6.39. The minimum Gasteiger partial charge on any atom is -0.480 e. The summed E-state index contributed by atoms with van der Waals surface area (Å²) in [4.78, 5) is 185. The van der Waals surface area contributed by atoms with Crippen LogP contribution in [-0.2, 0) is 67.0 Å². The fourth-order valence-electron chi connectivity index (χ4n) is 15.3. The summed E-state index contributed by atoms with van der Waals surface area (Å²) in [5.41, 5.74) is 4.57. The number of hydrogen-bond donors (Lipinski definition) is 9. The molecular weight excluding hydrogens is 1490 g/mol. The number of Topliss-reactive ketones (excluding diaryl/α,β-unsaturated/α-hetero) is 2. The lowest BCUT2D eigenvalue weighted by molar-refractivity contribution is -0.152. The van der Waals surface area contributed by atoms with Crippen LogP contribution in [0.15, 0.2) is 60.7 Å². The molecule has 112 heavy (non-hydrogen) atoms. The molecule has 624 valence electrons. The normalized spacial score (nSPS) is 22.4. The number of nitrogens with zero attached hydrogens (tertiary/aromatic N) is 4. The number of carboxylic acid groups (broad SMARTS) is 1. The van der Waals surface area contributed by atoms with E-state index < -0.39 is 186 Å². The van der Waals surface area contributed by atoms with Gasteiger partial charge >= 0.3 is 18.2 Å². The van der Waals surface area contributed by atoms with Gasteiger partial charge in [0, 0.05) is 72.9 Å². The Hall–Kier alpha value is -9.01. The van der Waals surface area contributed by atoms with Crippen molar-refractivity contribution in [2.24, 2.45) is 52.1 Å². The van der Waals surface area contributed by atoms with Crippen LogP contribution in [0.5, 0.6) is 0 Å². The van der Waals surface area contributed by atoms with Gasteiger partial charge in [0.05, 0.1) is 25.2 Å². The third-order valence-corrected chi connectivity index (χ3v) is 21.5. The number of fused-ring (bicyclic) bond motifs is 2. The topological polar surface area (TPSA) is 401 Å². The molecule has 10 N–H and O–H groups in total. The minimum atomic E-state index is -2.88. The SMILES string of the molecule is CC(C)(C)OC(=O)N[C@H](C(=O)N1C[C@H]2[C@@H]([C@H]1C(=O)O)C2(C)C)C1CCC(F)(F)CC1.CCCC(N)C(=O)C(=O)NCC(=O)N[C@H](C(=O)N(C)C)c1ccccc1.CCCC(NC(=O)[C@@H]1[C@@H]2[C@H](CN1C(=O)[C@@H](NC(=O)OC(C)(C)C)C1CCC(F)(F)CC1)C2(C)C)C(=O)C(=O)NCC(=O)N[C@H](C(=O)N(C)C)c1ccccc1.Cl. The van der Waals surface area contributed by atoms with Gasteiger partial charge in [-0.25, -0.2) is 31.9 Å². The predicted octanol–water partition coefficient (Wildman–Crippen LogP) is 6.54. The van der Waals surface area contributed by atoms with Crippen molar-refractivity contribution in [1.29, 1.82) is 0 Å². The number of nitrogens with one attached hydrogen (secondary N) is 7. The van der Waals surface area contributed by atoms with Crippen LogP contribution in [0.3, 0.4) is 0 Å². The van der Waals surface area contributed by atoms with E-state index in [4.69, 9.17) is 15.2 Å². The minimum absolute atomic E-state index is 0. The molecule has 34 heteroatoms. The number of alkyl halides is 4. The molecule has 4 aliphatic carbocycles. The lowest BCUT2D eigenvalue weighted by Crippen LogP contribution is -2.60. The molecule has 2 saturated heterocycles. The van der Waals surface area contributed by atoms with E-state index >= 15 is 0 Å². The highest BCUT2D eigenvalue weighted by Gasteiger charge is 2.71. The van der Waals surface area contributed by atoms with Gasteiger partial charge in [-0.15, -0.1) is 12.4 Å². The van der Waals surface area contributed by atoms with Crippen LogP contribution in [0.25, 0.3) is 0 Å². The first-order valence-electron chi connectivity index (χ1n) is 37.9. The number of carboxylic acids is 1. The number of halogens is 5. The van der Waals surface area contributed by atoms with E-state index in [-0.39, 0.29) is 104 Å². The highest BCUT2D eigenvalue weighted by Crippen LogP contribution is 2.66. The molecule has 2 aliphatic heterocycles. The summed E-state index contributed by atoms with van der Waals surface area (Å²) in [7, 11) is 6.25. The number of ketones is 2. The molecule has 6 aliphatic rings. The monoisotopic (exact) mass is 1600 g/mol. The number of piperidine rings is 2. The maximum Gasteiger partial charge on any atom is 0.408 e. The molecule has 12 atom stereocenters. The summed E-state index contributed by atoms with van der Waals surface area (Å²) in [6.07, 6.45) is -1.69. The first-order chi connectivity index (χ1) is 51.5. The van der Waals surface area contributed by atoms with Gasteiger partial charge in [0.2, 0.25) is 64.8 Å². The van der Waals surface area contributed by atoms with Crippen molar-refractivity contribution in [2.75, 3.05) is 54.4 Å². The van der Waals surface area contributed by atoms with Crippen molar-refractivity contribution in [3.05, 3.63) is 71.8 Å². The Morgan fingerprint density at radius 2 is 0.884 bits per heavy atom. The molecule has 6 fully saturated rings. The number of carbonyl (C=O) groups is 14. The van der Waals surface area contributed by atoms with Crippen LogP contribution in [0.4, 0.5) is 27.2 Å². The van der Waals surface area contributed by atoms with Gasteiger partial charge in [0.25, 0.3) is 11.8 Å². The Kier molecular flexibility index (Phi) is 32.3. The molecule has 2 heterocycles. The van der Waals surface area contributed by atoms with E-state index in [0.717, 1.165) is 0 Å². The summed E-state index contributed by atoms with van der Waals surface area (Å²) >= 11 is 0. The lowest BCUT2D eigenvalue weighted by Gasteiger charge is -2.38. The Morgan fingerprint density at radius 3 is 1.22 bits per heavy atom. The molecule has 2 unspecified atom stereocenters. The second kappa shape index (κ2) is 38.7. The van der Waals surface area contributed by atoms with E-state index in [9.17, 15) is 89.8 Å². The second-order valence-corrected chi connectivity index (χ2v) is 33.4. The lowest BCUT2D eigenvalue weighted by atomic mass is 9.81. The van der Waals surface area contributed by atoms with Gasteiger partial charge < -0.3 is 77.1 Å². The predicted molar refractivity (Wildman–Crippen MR) is 405 cm³/mol. The van der Waals surface area contributed by atoms with Gasteiger partial charge in [-0.05, 0) is 132 Å². The molecule has 8 rings (SSSR count). The number of alkyl carbamates (subject to hydrolysis) is 2. The number of hydrogen-bond acceptors (Lipinski definition) is 17. The Labute approximate surface area is 658 Å². The summed E-state index contributed by atoms with van der Waals surface area (Å²) < 4.78 is 66.3. The third kappa shape index (κ3) is 25.0. The van der Waals surface area contributed by atoms with Gasteiger partial charge in [-0.2, -0.15) is 0 Å². The zero-order chi connectivity index (χ0) is 83.4. The second-order valence-electron chi connectivity index (χ2n) is 33.4. The average Bonchev–Trinajstić information content (AvgIpc) is 1.53. The first-order valence-corrected chi connectivity index (χ1v) is 37.9. The van der Waals surface area contributed by atoms with Crippen LogP contribution < -0.4 is 43.0 Å². The zero-order valence-electron chi connectivity index (χ0n) is 66.9. The van der Waals surface area contributed by atoms with Crippen molar-refractivity contribution >= 4 is 95.3 Å². The van der Waals surface area contributed by atoms with Gasteiger partial charge in [-0.1, -0.05) is 115 Å². The van der Waals surface area contributed by atoms with E-state index in [1.165, 1.54) is 33.7 Å². The van der Waals surface area contributed by atoms with Crippen LogP contribution in [0, 0.1) is 46.3 Å². The number of likely N-dealkylation sites (tertiary alicyclic amines) is 2. The van der Waals surface area contributed by atoms with Gasteiger partial charge in [0.15, 0.2) is 0 Å². The van der Waals surface area contributed by atoms with E-state index in [1.807, 2.05) is 34.6 Å². The number of likely N-dealkylation sites (N-methyl/N-ethyl adjacent to an activating group) is 2. The largest absolute Gasteiger partial charge is 0.480 e. The fraction of sp³-hybridized carbons (Fsp3) is 0.667. The van der Waals surface area contributed by atoms with Gasteiger partial charge in [0.1, 0.15) is 47.5 Å². The Morgan fingerprint density at radius 1 is 0.536 bits per heavy atom. The molecule has 0 bridgehead atoms. The van der Waals surface area contributed by atoms with E-state index in [2.05, 4.69) is 37.2 Å². The summed E-state index contributed by atoms with van der Waals surface area (Å²) in [6.45, 7) is 20.9. The number of amides is 11. The van der Waals surface area contributed by atoms with Crippen molar-refractivity contribution in [1.82, 2.24) is 56.8 Å². The Balaban J connectivity index is 0.000000331. The number of ether oxygens (including phenoxy) is 2. The number of carbonyl (C=O) groups excluding carboxylic acids is 13. The number of rotatable bonds is 27. The third-order valence-electron chi connectivity index (χ3n) is 21.5. The van der Waals surface area contributed by atoms with Crippen LogP contribution >= 0.6 is 12.4 Å². The molecule has 0 radical (unpaired) electrons. The van der Waals surface area contributed by atoms with E-state index in [0.29, 0.717) is 36.9 Å². The Bertz CT molecular complexity index is 3710. The van der Waals surface area contributed by atoms with Crippen LogP contribution in [0.1, 0.15) is 183 Å². The molecule has 0 aromatic heterocycles.